The molecule has 0 spiro atoms. The van der Waals surface area contributed by atoms with Crippen molar-refractivity contribution in [2.24, 2.45) is 0 Å². The molecule has 0 bridgehead atoms. The largest absolute Gasteiger partial charge is 0.504 e. The summed E-state index contributed by atoms with van der Waals surface area (Å²) in [6.45, 7) is 0.824. The van der Waals surface area contributed by atoms with Gasteiger partial charge in [0.2, 0.25) is 9.84 Å². The van der Waals surface area contributed by atoms with Crippen LogP contribution < -0.4 is 10.1 Å². The van der Waals surface area contributed by atoms with Crippen LogP contribution in [0.5, 0.6) is 11.5 Å². The number of rotatable bonds is 6. The SMILES string of the molecule is CC(=O)Oc1cc(S(=O)(=O)c2ccc(CCNC(=O)C(F)(F)F)cc2)ccc1O. The Morgan fingerprint density at radius 3 is 2.21 bits per heavy atom. The van der Waals surface area contributed by atoms with E-state index in [1.54, 1.807) is 5.32 Å². The number of nitrogens with one attached hydrogen (secondary N) is 1. The van der Waals surface area contributed by atoms with Gasteiger partial charge < -0.3 is 15.2 Å². The Labute approximate surface area is 164 Å². The van der Waals surface area contributed by atoms with E-state index < -0.39 is 33.6 Å². The average Bonchev–Trinajstić information content (AvgIpc) is 2.62. The molecule has 7 nitrogen and oxygen atoms in total. The van der Waals surface area contributed by atoms with Crippen molar-refractivity contribution in [1.29, 1.82) is 0 Å². The van der Waals surface area contributed by atoms with Crippen LogP contribution in [-0.2, 0) is 25.8 Å². The third-order valence-corrected chi connectivity index (χ3v) is 5.45. The molecule has 0 unspecified atom stereocenters. The molecule has 0 saturated carbocycles. The molecule has 0 fully saturated rings. The van der Waals surface area contributed by atoms with Crippen LogP contribution in [-0.4, -0.2) is 38.1 Å². The van der Waals surface area contributed by atoms with Crippen LogP contribution in [0.2, 0.25) is 0 Å². The third kappa shape index (κ3) is 5.70. The van der Waals surface area contributed by atoms with Gasteiger partial charge >= 0.3 is 18.1 Å². The molecule has 2 N–H and O–H groups in total. The molecule has 0 aliphatic carbocycles. The fourth-order valence-corrected chi connectivity index (χ4v) is 3.57. The summed E-state index contributed by atoms with van der Waals surface area (Å²) in [5, 5.41) is 11.4. The normalized spacial score (nSPS) is 11.7. The highest BCUT2D eigenvalue weighted by Crippen LogP contribution is 2.31. The number of carbonyl (C=O) groups excluding carboxylic acids is 2. The number of esters is 1. The smallest absolute Gasteiger partial charge is 0.471 e. The summed E-state index contributed by atoms with van der Waals surface area (Å²) in [5.41, 5.74) is 0.512. The molecule has 2 aromatic carbocycles. The molecule has 29 heavy (non-hydrogen) atoms. The Morgan fingerprint density at radius 2 is 1.66 bits per heavy atom. The van der Waals surface area contributed by atoms with Gasteiger partial charge in [0.15, 0.2) is 11.5 Å². The first kappa shape index (κ1) is 22.2. The third-order valence-electron chi connectivity index (χ3n) is 3.69. The summed E-state index contributed by atoms with van der Waals surface area (Å²) in [7, 11) is -4.01. The quantitative estimate of drug-likeness (QED) is 0.537. The lowest BCUT2D eigenvalue weighted by molar-refractivity contribution is -0.173. The van der Waals surface area contributed by atoms with Gasteiger partial charge in [-0.15, -0.1) is 0 Å². The summed E-state index contributed by atoms with van der Waals surface area (Å²) in [6.07, 6.45) is -4.90. The lowest BCUT2D eigenvalue weighted by Gasteiger charge is -2.10. The number of amides is 1. The Hall–Kier alpha value is -3.08. The molecule has 0 heterocycles. The number of ether oxygens (including phenoxy) is 1. The van der Waals surface area contributed by atoms with Gasteiger partial charge in [0, 0.05) is 19.5 Å². The first-order valence-corrected chi connectivity index (χ1v) is 9.60. The Balaban J connectivity index is 2.14. The van der Waals surface area contributed by atoms with Gasteiger partial charge in [-0.05, 0) is 36.2 Å². The monoisotopic (exact) mass is 431 g/mol. The van der Waals surface area contributed by atoms with Crippen molar-refractivity contribution >= 4 is 21.7 Å². The first-order chi connectivity index (χ1) is 13.4. The van der Waals surface area contributed by atoms with E-state index >= 15 is 0 Å². The lowest BCUT2D eigenvalue weighted by atomic mass is 10.1. The summed E-state index contributed by atoms with van der Waals surface area (Å²) < 4.78 is 66.5. The predicted molar refractivity (Wildman–Crippen MR) is 94.1 cm³/mol. The van der Waals surface area contributed by atoms with Crippen molar-refractivity contribution in [3.63, 3.8) is 0 Å². The van der Waals surface area contributed by atoms with E-state index in [0.29, 0.717) is 5.56 Å². The van der Waals surface area contributed by atoms with Gasteiger partial charge in [0.25, 0.3) is 0 Å². The molecule has 0 aliphatic heterocycles. The maximum absolute atomic E-state index is 12.7. The van der Waals surface area contributed by atoms with Crippen LogP contribution in [0.4, 0.5) is 13.2 Å². The number of aromatic hydroxyl groups is 1. The van der Waals surface area contributed by atoms with Crippen LogP contribution in [0, 0.1) is 0 Å². The number of phenols is 1. The highest BCUT2D eigenvalue weighted by atomic mass is 32.2. The van der Waals surface area contributed by atoms with Gasteiger partial charge in [0.05, 0.1) is 9.79 Å². The van der Waals surface area contributed by atoms with Crippen LogP contribution in [0.3, 0.4) is 0 Å². The number of hydrogen-bond donors (Lipinski definition) is 2. The van der Waals surface area contributed by atoms with Gasteiger partial charge in [-0.2, -0.15) is 13.2 Å². The highest BCUT2D eigenvalue weighted by Gasteiger charge is 2.38. The zero-order valence-corrected chi connectivity index (χ0v) is 15.8. The van der Waals surface area contributed by atoms with Gasteiger partial charge in [-0.1, -0.05) is 12.1 Å². The Morgan fingerprint density at radius 1 is 1.07 bits per heavy atom. The van der Waals surface area contributed by atoms with E-state index in [9.17, 15) is 36.3 Å². The number of hydrogen-bond acceptors (Lipinski definition) is 6. The number of phenolic OH excluding ortho intramolecular Hbond substituents is 1. The van der Waals surface area contributed by atoms with Gasteiger partial charge in [-0.25, -0.2) is 8.42 Å². The molecule has 0 radical (unpaired) electrons. The van der Waals surface area contributed by atoms with Gasteiger partial charge in [-0.3, -0.25) is 9.59 Å². The fourth-order valence-electron chi connectivity index (χ4n) is 2.29. The molecule has 0 saturated heterocycles. The van der Waals surface area contributed by atoms with E-state index in [4.69, 9.17) is 4.74 Å². The second-order valence-corrected chi connectivity index (χ2v) is 7.82. The zero-order chi connectivity index (χ0) is 21.8. The molecule has 0 aliphatic rings. The molecule has 0 atom stereocenters. The second-order valence-electron chi connectivity index (χ2n) is 5.87. The maximum Gasteiger partial charge on any atom is 0.471 e. The topological polar surface area (TPSA) is 110 Å². The molecule has 2 aromatic rings. The zero-order valence-electron chi connectivity index (χ0n) is 15.0. The van der Waals surface area contributed by atoms with Gasteiger partial charge in [0.1, 0.15) is 0 Å². The summed E-state index contributed by atoms with van der Waals surface area (Å²) in [5.74, 6) is -3.50. The average molecular weight is 431 g/mol. The van der Waals surface area contributed by atoms with E-state index in [-0.39, 0.29) is 28.5 Å². The Kier molecular flexibility index (Phi) is 6.52. The molecule has 156 valence electrons. The highest BCUT2D eigenvalue weighted by molar-refractivity contribution is 7.91. The summed E-state index contributed by atoms with van der Waals surface area (Å²) in [4.78, 5) is 21.5. The molecular formula is C18H16F3NO6S. The molecular weight excluding hydrogens is 415 g/mol. The van der Waals surface area contributed by atoms with Crippen molar-refractivity contribution in [3.05, 3.63) is 48.0 Å². The van der Waals surface area contributed by atoms with E-state index in [1.807, 2.05) is 0 Å². The number of halogens is 3. The summed E-state index contributed by atoms with van der Waals surface area (Å²) >= 11 is 0. The number of carbonyl (C=O) groups is 2. The van der Waals surface area contributed by atoms with E-state index in [1.165, 1.54) is 24.3 Å². The molecule has 1 amide bonds. The predicted octanol–water partition coefficient (Wildman–Crippen LogP) is 2.37. The van der Waals surface area contributed by atoms with Crippen molar-refractivity contribution in [2.75, 3.05) is 6.54 Å². The molecule has 2 rings (SSSR count). The van der Waals surface area contributed by atoms with Crippen LogP contribution in [0.1, 0.15) is 12.5 Å². The van der Waals surface area contributed by atoms with Crippen molar-refractivity contribution in [2.45, 2.75) is 29.3 Å². The van der Waals surface area contributed by atoms with Crippen molar-refractivity contribution in [1.82, 2.24) is 5.32 Å². The van der Waals surface area contributed by atoms with Crippen LogP contribution in [0.25, 0.3) is 0 Å². The van der Waals surface area contributed by atoms with E-state index in [2.05, 4.69) is 0 Å². The lowest BCUT2D eigenvalue weighted by Crippen LogP contribution is -2.37. The minimum atomic E-state index is -4.97. The standard InChI is InChI=1S/C18H16F3NO6S/c1-11(23)28-16-10-14(6-7-15(16)24)29(26,27)13-4-2-12(3-5-13)8-9-22-17(25)18(19,20)21/h2-7,10,24H,8-9H2,1H3,(H,22,25). The molecule has 11 heteroatoms. The first-order valence-electron chi connectivity index (χ1n) is 8.12. The second kappa shape index (κ2) is 8.52. The Bertz CT molecular complexity index is 1020. The number of alkyl halides is 3. The summed E-state index contributed by atoms with van der Waals surface area (Å²) in [6, 6.07) is 8.54. The maximum atomic E-state index is 12.7. The fraction of sp³-hybridized carbons (Fsp3) is 0.222. The molecule has 0 aromatic heterocycles. The number of sulfone groups is 1. The van der Waals surface area contributed by atoms with Crippen LogP contribution in [0.15, 0.2) is 52.3 Å². The number of benzene rings is 2. The minimum absolute atomic E-state index is 0.0674. The van der Waals surface area contributed by atoms with Crippen molar-refractivity contribution < 1.29 is 41.0 Å². The minimum Gasteiger partial charge on any atom is -0.504 e. The van der Waals surface area contributed by atoms with Crippen molar-refractivity contribution in [3.8, 4) is 11.5 Å². The van der Waals surface area contributed by atoms with E-state index in [0.717, 1.165) is 25.1 Å². The van der Waals surface area contributed by atoms with Crippen LogP contribution >= 0.6 is 0 Å².